The molecule has 1 fully saturated rings. The van der Waals surface area contributed by atoms with Crippen LogP contribution in [0.4, 0.5) is 0 Å². The van der Waals surface area contributed by atoms with Gasteiger partial charge in [-0.15, -0.1) is 0 Å². The Morgan fingerprint density at radius 3 is 2.45 bits per heavy atom. The summed E-state index contributed by atoms with van der Waals surface area (Å²) in [6.07, 6.45) is 1.78. The van der Waals surface area contributed by atoms with E-state index in [0.29, 0.717) is 44.1 Å². The lowest BCUT2D eigenvalue weighted by atomic mass is 10.2. The van der Waals surface area contributed by atoms with Gasteiger partial charge in [0.1, 0.15) is 5.65 Å². The number of sulfonamides is 1. The number of fused-ring (bicyclic) bond motifs is 1. The van der Waals surface area contributed by atoms with Gasteiger partial charge in [-0.3, -0.25) is 14.1 Å². The van der Waals surface area contributed by atoms with Gasteiger partial charge in [-0.2, -0.15) is 4.31 Å². The molecule has 4 rings (SSSR count). The molecule has 1 aliphatic rings. The molecular formula is C21H24N4O3S. The maximum absolute atomic E-state index is 12.7. The molecule has 0 radical (unpaired) electrons. The second-order valence-electron chi connectivity index (χ2n) is 7.44. The Kier molecular flexibility index (Phi) is 5.49. The number of nitrogens with zero attached hydrogens (tertiary/aromatic N) is 4. The van der Waals surface area contributed by atoms with Crippen LogP contribution in [-0.4, -0.2) is 53.2 Å². The summed E-state index contributed by atoms with van der Waals surface area (Å²) < 4.78 is 28.5. The zero-order valence-corrected chi connectivity index (χ0v) is 17.2. The third-order valence-electron chi connectivity index (χ3n) is 5.16. The van der Waals surface area contributed by atoms with Crippen molar-refractivity contribution in [3.8, 4) is 0 Å². The quantitative estimate of drug-likeness (QED) is 0.637. The van der Waals surface area contributed by atoms with Gasteiger partial charge in [-0.1, -0.05) is 36.4 Å². The number of rotatable bonds is 5. The molecule has 0 amide bonds. The Labute approximate surface area is 170 Å². The van der Waals surface area contributed by atoms with E-state index in [0.717, 1.165) is 11.1 Å². The highest BCUT2D eigenvalue weighted by molar-refractivity contribution is 7.88. The number of aryl methyl sites for hydroxylation is 1. The third-order valence-corrected chi connectivity index (χ3v) is 7.01. The van der Waals surface area contributed by atoms with Crippen molar-refractivity contribution in [2.75, 3.05) is 26.2 Å². The number of piperazine rings is 1. The van der Waals surface area contributed by atoms with Crippen LogP contribution in [0.2, 0.25) is 0 Å². The molecular weight excluding hydrogens is 388 g/mol. The van der Waals surface area contributed by atoms with E-state index < -0.39 is 10.0 Å². The van der Waals surface area contributed by atoms with Gasteiger partial charge in [0.25, 0.3) is 5.56 Å². The molecule has 7 nitrogen and oxygen atoms in total. The number of aromatic nitrogens is 2. The minimum atomic E-state index is -3.33. The van der Waals surface area contributed by atoms with Crippen molar-refractivity contribution in [1.29, 1.82) is 0 Å². The molecule has 0 atom stereocenters. The van der Waals surface area contributed by atoms with Crippen molar-refractivity contribution in [3.05, 3.63) is 81.9 Å². The van der Waals surface area contributed by atoms with E-state index in [2.05, 4.69) is 9.88 Å². The van der Waals surface area contributed by atoms with Crippen molar-refractivity contribution >= 4 is 15.7 Å². The van der Waals surface area contributed by atoms with Crippen LogP contribution in [0.1, 0.15) is 16.8 Å². The highest BCUT2D eigenvalue weighted by atomic mass is 32.2. The molecule has 3 aromatic rings. The lowest BCUT2D eigenvalue weighted by molar-refractivity contribution is 0.180. The summed E-state index contributed by atoms with van der Waals surface area (Å²) >= 11 is 0. The average Bonchev–Trinajstić information content (AvgIpc) is 2.69. The summed E-state index contributed by atoms with van der Waals surface area (Å²) in [5.41, 5.74) is 3.03. The lowest BCUT2D eigenvalue weighted by Crippen LogP contribution is -2.48. The van der Waals surface area contributed by atoms with E-state index in [4.69, 9.17) is 0 Å². The van der Waals surface area contributed by atoms with Crippen molar-refractivity contribution in [2.45, 2.75) is 19.2 Å². The molecule has 2 aromatic heterocycles. The van der Waals surface area contributed by atoms with Crippen LogP contribution in [0.3, 0.4) is 0 Å². The van der Waals surface area contributed by atoms with Crippen LogP contribution < -0.4 is 5.56 Å². The van der Waals surface area contributed by atoms with Gasteiger partial charge in [0.15, 0.2) is 0 Å². The molecule has 152 valence electrons. The van der Waals surface area contributed by atoms with E-state index in [-0.39, 0.29) is 11.3 Å². The molecule has 3 heterocycles. The first-order valence-corrected chi connectivity index (χ1v) is 11.2. The first-order valence-electron chi connectivity index (χ1n) is 9.64. The maximum Gasteiger partial charge on any atom is 0.258 e. The SMILES string of the molecule is Cc1ccc2nc(CN3CCN(S(=O)(=O)Cc4ccccc4)CC3)cc(=O)n2c1. The fourth-order valence-corrected chi connectivity index (χ4v) is 5.13. The molecule has 0 aliphatic carbocycles. The summed E-state index contributed by atoms with van der Waals surface area (Å²) in [6, 6.07) is 14.6. The summed E-state index contributed by atoms with van der Waals surface area (Å²) in [4.78, 5) is 19.1. The smallest absolute Gasteiger partial charge is 0.258 e. The maximum atomic E-state index is 12.7. The summed E-state index contributed by atoms with van der Waals surface area (Å²) in [7, 11) is -3.33. The molecule has 1 saturated heterocycles. The Bertz CT molecular complexity index is 1170. The first-order chi connectivity index (χ1) is 13.9. The monoisotopic (exact) mass is 412 g/mol. The molecule has 0 saturated carbocycles. The van der Waals surface area contributed by atoms with Gasteiger partial charge in [0, 0.05) is 45.0 Å². The van der Waals surface area contributed by atoms with E-state index >= 15 is 0 Å². The molecule has 0 unspecified atom stereocenters. The lowest BCUT2D eigenvalue weighted by Gasteiger charge is -2.33. The van der Waals surface area contributed by atoms with Crippen LogP contribution in [0.25, 0.3) is 5.65 Å². The van der Waals surface area contributed by atoms with E-state index in [1.807, 2.05) is 49.4 Å². The molecule has 8 heteroatoms. The standard InChI is InChI=1S/C21H24N4O3S/c1-17-7-8-20-22-19(13-21(26)25(20)14-17)15-23-9-11-24(12-10-23)29(27,28)16-18-5-3-2-4-6-18/h2-8,13-14H,9-12,15-16H2,1H3. The van der Waals surface area contributed by atoms with E-state index in [1.54, 1.807) is 21.0 Å². The Morgan fingerprint density at radius 2 is 1.72 bits per heavy atom. The van der Waals surface area contributed by atoms with E-state index in [1.165, 1.54) is 0 Å². The van der Waals surface area contributed by atoms with Gasteiger partial charge < -0.3 is 0 Å². The molecule has 1 aliphatic heterocycles. The van der Waals surface area contributed by atoms with Crippen molar-refractivity contribution < 1.29 is 8.42 Å². The molecule has 1 aromatic carbocycles. The Morgan fingerprint density at radius 1 is 1.00 bits per heavy atom. The first kappa shape index (κ1) is 19.8. The van der Waals surface area contributed by atoms with Crippen molar-refractivity contribution in [1.82, 2.24) is 18.6 Å². The van der Waals surface area contributed by atoms with Gasteiger partial charge in [0.2, 0.25) is 10.0 Å². The van der Waals surface area contributed by atoms with Crippen molar-refractivity contribution in [2.24, 2.45) is 0 Å². The fraction of sp³-hybridized carbons (Fsp3) is 0.333. The zero-order chi connectivity index (χ0) is 20.4. The van der Waals surface area contributed by atoms with Gasteiger partial charge in [0.05, 0.1) is 11.4 Å². The number of hydrogen-bond donors (Lipinski definition) is 0. The second-order valence-corrected chi connectivity index (χ2v) is 9.41. The topological polar surface area (TPSA) is 75.0 Å². The van der Waals surface area contributed by atoms with Crippen LogP contribution in [0.15, 0.2) is 59.5 Å². The van der Waals surface area contributed by atoms with Crippen LogP contribution in [0, 0.1) is 6.92 Å². The highest BCUT2D eigenvalue weighted by Gasteiger charge is 2.27. The average molecular weight is 413 g/mol. The van der Waals surface area contributed by atoms with Crippen molar-refractivity contribution in [3.63, 3.8) is 0 Å². The van der Waals surface area contributed by atoms with Crippen LogP contribution >= 0.6 is 0 Å². The van der Waals surface area contributed by atoms with Crippen LogP contribution in [-0.2, 0) is 22.3 Å². The van der Waals surface area contributed by atoms with Gasteiger partial charge in [-0.25, -0.2) is 13.4 Å². The molecule has 0 spiro atoms. The van der Waals surface area contributed by atoms with Crippen LogP contribution in [0.5, 0.6) is 0 Å². The predicted molar refractivity (Wildman–Crippen MR) is 112 cm³/mol. The molecule has 0 N–H and O–H groups in total. The second kappa shape index (κ2) is 8.06. The van der Waals surface area contributed by atoms with Gasteiger partial charge >= 0.3 is 0 Å². The normalized spacial score (nSPS) is 16.3. The number of benzene rings is 1. The minimum absolute atomic E-state index is 0.0241. The number of pyridine rings is 1. The van der Waals surface area contributed by atoms with E-state index in [9.17, 15) is 13.2 Å². The predicted octanol–water partition coefficient (Wildman–Crippen LogP) is 1.65. The fourth-order valence-electron chi connectivity index (χ4n) is 3.61. The largest absolute Gasteiger partial charge is 0.295 e. The summed E-state index contributed by atoms with van der Waals surface area (Å²) in [5, 5.41) is 0. The highest BCUT2D eigenvalue weighted by Crippen LogP contribution is 2.15. The molecule has 29 heavy (non-hydrogen) atoms. The Hall–Kier alpha value is -2.55. The number of hydrogen-bond acceptors (Lipinski definition) is 5. The summed E-state index contributed by atoms with van der Waals surface area (Å²) in [5.74, 6) is 0.0241. The molecule has 0 bridgehead atoms. The third kappa shape index (κ3) is 4.55. The summed E-state index contributed by atoms with van der Waals surface area (Å²) in [6.45, 7) is 4.59. The Balaban J connectivity index is 1.40. The minimum Gasteiger partial charge on any atom is -0.295 e. The zero-order valence-electron chi connectivity index (χ0n) is 16.4. The van der Waals surface area contributed by atoms with Gasteiger partial charge in [-0.05, 0) is 24.1 Å².